The minimum Gasteiger partial charge on any atom is -0.347 e. The van der Waals surface area contributed by atoms with E-state index in [1.807, 2.05) is 0 Å². The maximum atomic E-state index is 3.43. The number of rotatable bonds is 3. The Labute approximate surface area is 121 Å². The van der Waals surface area contributed by atoms with E-state index < -0.39 is 0 Å². The van der Waals surface area contributed by atoms with Crippen LogP contribution in [0.4, 0.5) is 0 Å². The minimum atomic E-state index is 1.08. The lowest BCUT2D eigenvalue weighted by Gasteiger charge is -2.27. The van der Waals surface area contributed by atoms with Crippen molar-refractivity contribution in [2.45, 2.75) is 26.8 Å². The Bertz CT molecular complexity index is 606. The Morgan fingerprint density at radius 1 is 1.20 bits per heavy atom. The smallest absolute Gasteiger partial charge is 0.0515 e. The highest BCUT2D eigenvalue weighted by Gasteiger charge is 2.17. The van der Waals surface area contributed by atoms with Gasteiger partial charge in [0.05, 0.1) is 5.52 Å². The standard InChI is InChI=1S/C17H25N3/c1-4-14-6-5-7-15-16(13(2)19(3)17(14)15)12-20-10-8-18-9-11-20/h5-7,18H,4,8-12H2,1-3H3. The van der Waals surface area contributed by atoms with Crippen molar-refractivity contribution in [2.24, 2.45) is 7.05 Å². The number of benzene rings is 1. The first-order valence-corrected chi connectivity index (χ1v) is 7.71. The maximum Gasteiger partial charge on any atom is 0.0515 e. The molecule has 3 rings (SSSR count). The van der Waals surface area contributed by atoms with Crippen molar-refractivity contribution in [2.75, 3.05) is 26.2 Å². The van der Waals surface area contributed by atoms with E-state index >= 15 is 0 Å². The monoisotopic (exact) mass is 271 g/mol. The van der Waals surface area contributed by atoms with Crippen LogP contribution >= 0.6 is 0 Å². The number of piperazine rings is 1. The summed E-state index contributed by atoms with van der Waals surface area (Å²) in [5, 5.41) is 4.88. The van der Waals surface area contributed by atoms with Gasteiger partial charge in [0.2, 0.25) is 0 Å². The summed E-state index contributed by atoms with van der Waals surface area (Å²) in [6, 6.07) is 6.76. The predicted octanol–water partition coefficient (Wildman–Crippen LogP) is 2.45. The summed E-state index contributed by atoms with van der Waals surface area (Å²) in [6.07, 6.45) is 1.10. The predicted molar refractivity (Wildman–Crippen MR) is 85.2 cm³/mol. The van der Waals surface area contributed by atoms with E-state index in [4.69, 9.17) is 0 Å². The van der Waals surface area contributed by atoms with E-state index in [-0.39, 0.29) is 0 Å². The third kappa shape index (κ3) is 2.25. The first kappa shape index (κ1) is 13.7. The number of para-hydroxylation sites is 1. The van der Waals surface area contributed by atoms with E-state index in [0.717, 1.165) is 39.1 Å². The van der Waals surface area contributed by atoms with E-state index in [0.29, 0.717) is 0 Å². The first-order chi connectivity index (χ1) is 9.72. The van der Waals surface area contributed by atoms with Crippen molar-refractivity contribution in [1.29, 1.82) is 0 Å². The van der Waals surface area contributed by atoms with Gasteiger partial charge < -0.3 is 9.88 Å². The molecule has 0 amide bonds. The number of hydrogen-bond acceptors (Lipinski definition) is 2. The first-order valence-electron chi connectivity index (χ1n) is 7.71. The Morgan fingerprint density at radius 3 is 2.65 bits per heavy atom. The summed E-state index contributed by atoms with van der Waals surface area (Å²) in [5.41, 5.74) is 5.82. The zero-order chi connectivity index (χ0) is 14.1. The molecule has 1 N–H and O–H groups in total. The lowest BCUT2D eigenvalue weighted by atomic mass is 10.1. The van der Waals surface area contributed by atoms with Crippen LogP contribution < -0.4 is 5.32 Å². The van der Waals surface area contributed by atoms with E-state index in [2.05, 4.69) is 53.9 Å². The number of fused-ring (bicyclic) bond motifs is 1. The van der Waals surface area contributed by atoms with E-state index in [1.165, 1.54) is 27.7 Å². The molecule has 2 aromatic rings. The Balaban J connectivity index is 2.04. The second-order valence-corrected chi connectivity index (χ2v) is 5.82. The molecule has 1 aliphatic rings. The molecule has 1 aliphatic heterocycles. The Morgan fingerprint density at radius 2 is 1.95 bits per heavy atom. The van der Waals surface area contributed by atoms with Gasteiger partial charge in [-0.1, -0.05) is 25.1 Å². The molecule has 0 atom stereocenters. The molecular formula is C17H25N3. The van der Waals surface area contributed by atoms with Crippen LogP contribution in [0.15, 0.2) is 18.2 Å². The second-order valence-electron chi connectivity index (χ2n) is 5.82. The van der Waals surface area contributed by atoms with E-state index in [9.17, 15) is 0 Å². The van der Waals surface area contributed by atoms with Gasteiger partial charge in [0, 0.05) is 50.9 Å². The fourth-order valence-corrected chi connectivity index (χ4v) is 3.37. The van der Waals surface area contributed by atoms with Crippen LogP contribution in [-0.2, 0) is 20.0 Å². The van der Waals surface area contributed by atoms with Crippen molar-refractivity contribution >= 4 is 10.9 Å². The Hall–Kier alpha value is -1.32. The SMILES string of the molecule is CCc1cccc2c(CN3CCNCC3)c(C)n(C)c12. The Kier molecular flexibility index (Phi) is 3.81. The topological polar surface area (TPSA) is 20.2 Å². The maximum absolute atomic E-state index is 3.43. The molecule has 1 aromatic carbocycles. The molecular weight excluding hydrogens is 246 g/mol. The highest BCUT2D eigenvalue weighted by molar-refractivity contribution is 5.88. The number of aromatic nitrogens is 1. The molecule has 0 spiro atoms. The fourth-order valence-electron chi connectivity index (χ4n) is 3.37. The quantitative estimate of drug-likeness (QED) is 0.925. The fraction of sp³-hybridized carbons (Fsp3) is 0.529. The molecule has 2 heterocycles. The number of nitrogens with one attached hydrogen (secondary N) is 1. The van der Waals surface area contributed by atoms with Gasteiger partial charge in [-0.15, -0.1) is 0 Å². The molecule has 3 nitrogen and oxygen atoms in total. The van der Waals surface area contributed by atoms with Crippen molar-refractivity contribution in [3.63, 3.8) is 0 Å². The van der Waals surface area contributed by atoms with Gasteiger partial charge in [0.1, 0.15) is 0 Å². The van der Waals surface area contributed by atoms with Crippen LogP contribution in [0.2, 0.25) is 0 Å². The van der Waals surface area contributed by atoms with Crippen LogP contribution in [0.5, 0.6) is 0 Å². The molecule has 0 unspecified atom stereocenters. The zero-order valence-electron chi connectivity index (χ0n) is 12.9. The summed E-state index contributed by atoms with van der Waals surface area (Å²) < 4.78 is 2.38. The largest absolute Gasteiger partial charge is 0.347 e. The van der Waals surface area contributed by atoms with Gasteiger partial charge in [-0.05, 0) is 24.5 Å². The number of hydrogen-bond donors (Lipinski definition) is 1. The van der Waals surface area contributed by atoms with Crippen LogP contribution in [0.1, 0.15) is 23.7 Å². The molecule has 20 heavy (non-hydrogen) atoms. The van der Waals surface area contributed by atoms with Crippen molar-refractivity contribution in [3.8, 4) is 0 Å². The summed E-state index contributed by atoms with van der Waals surface area (Å²) in [7, 11) is 2.21. The summed E-state index contributed by atoms with van der Waals surface area (Å²) in [5.74, 6) is 0. The molecule has 108 valence electrons. The average molecular weight is 271 g/mol. The van der Waals surface area contributed by atoms with Crippen LogP contribution in [-0.4, -0.2) is 35.6 Å². The van der Waals surface area contributed by atoms with Gasteiger partial charge in [0.25, 0.3) is 0 Å². The molecule has 0 saturated carbocycles. The van der Waals surface area contributed by atoms with Gasteiger partial charge in [-0.25, -0.2) is 0 Å². The van der Waals surface area contributed by atoms with Gasteiger partial charge in [0.15, 0.2) is 0 Å². The summed E-state index contributed by atoms with van der Waals surface area (Å²) >= 11 is 0. The van der Waals surface area contributed by atoms with Gasteiger partial charge >= 0.3 is 0 Å². The molecule has 3 heteroatoms. The van der Waals surface area contributed by atoms with Crippen LogP contribution in [0.3, 0.4) is 0 Å². The van der Waals surface area contributed by atoms with Crippen molar-refractivity contribution in [3.05, 3.63) is 35.0 Å². The van der Waals surface area contributed by atoms with Gasteiger partial charge in [-0.3, -0.25) is 4.90 Å². The molecule has 0 radical (unpaired) electrons. The van der Waals surface area contributed by atoms with Crippen molar-refractivity contribution in [1.82, 2.24) is 14.8 Å². The third-order valence-electron chi connectivity index (χ3n) is 4.69. The zero-order valence-corrected chi connectivity index (χ0v) is 12.9. The molecule has 1 aromatic heterocycles. The van der Waals surface area contributed by atoms with Crippen LogP contribution in [0.25, 0.3) is 10.9 Å². The lowest BCUT2D eigenvalue weighted by molar-refractivity contribution is 0.233. The number of aryl methyl sites for hydroxylation is 2. The molecule has 0 aliphatic carbocycles. The minimum absolute atomic E-state index is 1.08. The number of nitrogens with zero attached hydrogens (tertiary/aromatic N) is 2. The lowest BCUT2D eigenvalue weighted by Crippen LogP contribution is -2.42. The third-order valence-corrected chi connectivity index (χ3v) is 4.69. The normalized spacial score (nSPS) is 16.9. The highest BCUT2D eigenvalue weighted by Crippen LogP contribution is 2.29. The summed E-state index contributed by atoms with van der Waals surface area (Å²) in [6.45, 7) is 10.1. The second kappa shape index (κ2) is 5.58. The highest BCUT2D eigenvalue weighted by atomic mass is 15.2. The van der Waals surface area contributed by atoms with Gasteiger partial charge in [-0.2, -0.15) is 0 Å². The average Bonchev–Trinajstić information content (AvgIpc) is 2.73. The summed E-state index contributed by atoms with van der Waals surface area (Å²) in [4.78, 5) is 2.57. The van der Waals surface area contributed by atoms with Crippen LogP contribution in [0, 0.1) is 6.92 Å². The molecule has 1 fully saturated rings. The molecule has 0 bridgehead atoms. The van der Waals surface area contributed by atoms with E-state index in [1.54, 1.807) is 0 Å². The molecule has 1 saturated heterocycles. The van der Waals surface area contributed by atoms with Crippen molar-refractivity contribution < 1.29 is 0 Å².